The maximum Gasteiger partial charge on any atom is 0.333 e. The van der Waals surface area contributed by atoms with E-state index in [1.54, 1.807) is 6.08 Å². The number of hydrogen-bond acceptors (Lipinski definition) is 4. The molecule has 25 heavy (non-hydrogen) atoms. The molecular formula is C20H28O4Si. The quantitative estimate of drug-likeness (QED) is 0.293. The zero-order valence-corrected chi connectivity index (χ0v) is 16.6. The van der Waals surface area contributed by atoms with Gasteiger partial charge in [0.15, 0.2) is 0 Å². The maximum atomic E-state index is 12.4. The van der Waals surface area contributed by atoms with Crippen molar-refractivity contribution >= 4 is 25.2 Å². The van der Waals surface area contributed by atoms with E-state index >= 15 is 0 Å². The Morgan fingerprint density at radius 2 is 1.72 bits per heavy atom. The summed E-state index contributed by atoms with van der Waals surface area (Å²) in [7, 11) is 0.694. The Labute approximate surface area is 151 Å². The highest BCUT2D eigenvalue weighted by molar-refractivity contribution is 6.96. The van der Waals surface area contributed by atoms with Crippen LogP contribution in [0.15, 0.2) is 53.8 Å². The lowest BCUT2D eigenvalue weighted by molar-refractivity contribution is -0.140. The number of methoxy groups -OCH3 is 2. The molecule has 1 aromatic rings. The summed E-state index contributed by atoms with van der Waals surface area (Å²) >= 11 is 0. The third kappa shape index (κ3) is 5.71. The highest BCUT2D eigenvalue weighted by Gasteiger charge is 2.32. The summed E-state index contributed by atoms with van der Waals surface area (Å²) in [5.74, 6) is -0.550. The zero-order chi connectivity index (χ0) is 18.9. The summed E-state index contributed by atoms with van der Waals surface area (Å²) in [6, 6.07) is 10.2. The fourth-order valence-corrected chi connectivity index (χ4v) is 6.11. The van der Waals surface area contributed by atoms with Crippen LogP contribution in [0.1, 0.15) is 25.7 Å². The Hall–Kier alpha value is -2.14. The van der Waals surface area contributed by atoms with E-state index in [1.807, 2.05) is 18.2 Å². The third-order valence-electron chi connectivity index (χ3n) is 4.43. The number of rotatable bonds is 9. The molecule has 1 aromatic carbocycles. The first-order valence-electron chi connectivity index (χ1n) is 8.42. The molecule has 0 unspecified atom stereocenters. The summed E-state index contributed by atoms with van der Waals surface area (Å²) in [6.07, 6.45) is 3.83. The second-order valence-electron chi connectivity index (χ2n) is 6.36. The van der Waals surface area contributed by atoms with Gasteiger partial charge in [0.2, 0.25) is 0 Å². The maximum absolute atomic E-state index is 12.4. The molecule has 0 atom stereocenters. The van der Waals surface area contributed by atoms with Crippen molar-refractivity contribution in [3.05, 3.63) is 53.8 Å². The fraction of sp³-hybridized carbons (Fsp3) is 0.400. The minimum atomic E-state index is -2.09. The highest BCUT2D eigenvalue weighted by Crippen LogP contribution is 2.27. The molecule has 0 spiro atoms. The Bertz CT molecular complexity index is 632. The van der Waals surface area contributed by atoms with Crippen LogP contribution in [0.2, 0.25) is 13.1 Å². The third-order valence-corrected chi connectivity index (χ3v) is 8.27. The van der Waals surface area contributed by atoms with Crippen molar-refractivity contribution in [1.29, 1.82) is 0 Å². The molecule has 0 N–H and O–H groups in total. The lowest BCUT2D eigenvalue weighted by Gasteiger charge is -2.29. The number of carbonyl (C=O) groups is 2. The van der Waals surface area contributed by atoms with Crippen LogP contribution < -0.4 is 5.19 Å². The second kappa shape index (κ2) is 9.99. The summed E-state index contributed by atoms with van der Waals surface area (Å²) in [5.41, 5.74) is 0.669. The van der Waals surface area contributed by atoms with Crippen LogP contribution in [0.5, 0.6) is 0 Å². The number of carbonyl (C=O) groups excluding carboxylic acids is 2. The molecule has 0 fully saturated rings. The molecule has 0 aliphatic heterocycles. The van der Waals surface area contributed by atoms with E-state index in [2.05, 4.69) is 31.8 Å². The summed E-state index contributed by atoms with van der Waals surface area (Å²) < 4.78 is 9.74. The van der Waals surface area contributed by atoms with Crippen molar-refractivity contribution in [2.24, 2.45) is 0 Å². The first-order valence-corrected chi connectivity index (χ1v) is 11.4. The van der Waals surface area contributed by atoms with E-state index < -0.39 is 8.07 Å². The van der Waals surface area contributed by atoms with E-state index in [9.17, 15) is 9.59 Å². The summed E-state index contributed by atoms with van der Waals surface area (Å²) in [4.78, 5) is 23.8. The van der Waals surface area contributed by atoms with Gasteiger partial charge < -0.3 is 9.47 Å². The van der Waals surface area contributed by atoms with E-state index in [-0.39, 0.29) is 11.9 Å². The zero-order valence-electron chi connectivity index (χ0n) is 15.6. The molecule has 0 bridgehead atoms. The SMILES string of the molecule is C=CC/C(C(=O)OC)=C(\CCCC(=O)OC)[Si](C)(C)c1ccccc1. The van der Waals surface area contributed by atoms with Crippen molar-refractivity contribution in [3.63, 3.8) is 0 Å². The lowest BCUT2D eigenvalue weighted by atomic mass is 10.1. The van der Waals surface area contributed by atoms with Crippen LogP contribution in [-0.2, 0) is 19.1 Å². The number of benzene rings is 1. The average molecular weight is 361 g/mol. The minimum absolute atomic E-state index is 0.234. The van der Waals surface area contributed by atoms with E-state index in [1.165, 1.54) is 19.4 Å². The predicted molar refractivity (Wildman–Crippen MR) is 103 cm³/mol. The van der Waals surface area contributed by atoms with Gasteiger partial charge in [0.25, 0.3) is 0 Å². The molecule has 5 heteroatoms. The lowest BCUT2D eigenvalue weighted by Crippen LogP contribution is -2.45. The Morgan fingerprint density at radius 1 is 1.08 bits per heavy atom. The van der Waals surface area contributed by atoms with Gasteiger partial charge >= 0.3 is 11.9 Å². The number of esters is 2. The number of ether oxygens (including phenoxy) is 2. The standard InChI is InChI=1S/C20H28O4Si/c1-6-11-17(20(22)24-3)18(14-10-15-19(21)23-2)25(4,5)16-12-8-7-9-13-16/h6-9,12-13H,1,10-11,14-15H2,2-5H3/b18-17-. The van der Waals surface area contributed by atoms with Gasteiger partial charge in [-0.2, -0.15) is 0 Å². The second-order valence-corrected chi connectivity index (χ2v) is 10.8. The molecule has 0 aromatic heterocycles. The van der Waals surface area contributed by atoms with Crippen LogP contribution in [0.3, 0.4) is 0 Å². The first-order chi connectivity index (χ1) is 11.9. The van der Waals surface area contributed by atoms with Gasteiger partial charge in [-0.25, -0.2) is 4.79 Å². The van der Waals surface area contributed by atoms with Crippen LogP contribution in [-0.4, -0.2) is 34.2 Å². The molecule has 0 aliphatic carbocycles. The van der Waals surface area contributed by atoms with Crippen LogP contribution in [0.25, 0.3) is 0 Å². The molecule has 0 heterocycles. The molecule has 0 radical (unpaired) electrons. The Balaban J connectivity index is 3.32. The minimum Gasteiger partial charge on any atom is -0.469 e. The molecule has 136 valence electrons. The van der Waals surface area contributed by atoms with Gasteiger partial charge in [0, 0.05) is 12.0 Å². The van der Waals surface area contributed by atoms with Gasteiger partial charge in [-0.1, -0.05) is 59.9 Å². The molecule has 0 amide bonds. The van der Waals surface area contributed by atoms with Gasteiger partial charge in [0.1, 0.15) is 8.07 Å². The number of allylic oxidation sites excluding steroid dienone is 2. The molecule has 0 saturated heterocycles. The molecule has 0 saturated carbocycles. The number of hydrogen-bond donors (Lipinski definition) is 0. The Morgan fingerprint density at radius 3 is 2.24 bits per heavy atom. The topological polar surface area (TPSA) is 52.6 Å². The van der Waals surface area contributed by atoms with Gasteiger partial charge in [-0.15, -0.1) is 6.58 Å². The van der Waals surface area contributed by atoms with Crippen molar-refractivity contribution in [3.8, 4) is 0 Å². The van der Waals surface area contributed by atoms with E-state index in [0.717, 1.165) is 5.20 Å². The molecular weight excluding hydrogens is 332 g/mol. The van der Waals surface area contributed by atoms with Crippen molar-refractivity contribution in [2.45, 2.75) is 38.8 Å². The summed E-state index contributed by atoms with van der Waals surface area (Å²) in [5, 5.41) is 2.35. The first kappa shape index (κ1) is 20.9. The Kier molecular flexibility index (Phi) is 8.35. The highest BCUT2D eigenvalue weighted by atomic mass is 28.3. The van der Waals surface area contributed by atoms with Gasteiger partial charge in [-0.3, -0.25) is 4.79 Å². The predicted octanol–water partition coefficient (Wildman–Crippen LogP) is 3.53. The van der Waals surface area contributed by atoms with Gasteiger partial charge in [-0.05, 0) is 19.3 Å². The van der Waals surface area contributed by atoms with Crippen LogP contribution in [0.4, 0.5) is 0 Å². The van der Waals surface area contributed by atoms with Crippen molar-refractivity contribution in [1.82, 2.24) is 0 Å². The fourth-order valence-electron chi connectivity index (χ4n) is 2.98. The smallest absolute Gasteiger partial charge is 0.333 e. The van der Waals surface area contributed by atoms with Gasteiger partial charge in [0.05, 0.1) is 14.2 Å². The molecule has 0 aliphatic rings. The van der Waals surface area contributed by atoms with Crippen molar-refractivity contribution in [2.75, 3.05) is 14.2 Å². The average Bonchev–Trinajstić information content (AvgIpc) is 2.63. The van der Waals surface area contributed by atoms with Crippen LogP contribution >= 0.6 is 0 Å². The normalized spacial score (nSPS) is 12.2. The van der Waals surface area contributed by atoms with E-state index in [0.29, 0.717) is 31.3 Å². The van der Waals surface area contributed by atoms with Crippen LogP contribution in [0, 0.1) is 0 Å². The van der Waals surface area contributed by atoms with E-state index in [4.69, 9.17) is 9.47 Å². The van der Waals surface area contributed by atoms with Crippen molar-refractivity contribution < 1.29 is 19.1 Å². The summed E-state index contributed by atoms with van der Waals surface area (Å²) in [6.45, 7) is 8.22. The monoisotopic (exact) mass is 360 g/mol. The molecule has 1 rings (SSSR count). The molecule has 4 nitrogen and oxygen atoms in total. The largest absolute Gasteiger partial charge is 0.469 e.